The molecule has 0 fully saturated rings. The molecular formula is C21H23NO2S. The van der Waals surface area contributed by atoms with E-state index in [-0.39, 0.29) is 6.42 Å². The number of carboxylic acids is 1. The minimum Gasteiger partial charge on any atom is -0.481 e. The van der Waals surface area contributed by atoms with Crippen LogP contribution in [0.5, 0.6) is 0 Å². The molecule has 0 bridgehead atoms. The highest BCUT2D eigenvalue weighted by atomic mass is 32.1. The second kappa shape index (κ2) is 8.28. The Morgan fingerprint density at radius 3 is 2.72 bits per heavy atom. The van der Waals surface area contributed by atoms with Crippen molar-refractivity contribution >= 4 is 27.4 Å². The van der Waals surface area contributed by atoms with Crippen LogP contribution in [0.4, 0.5) is 0 Å². The molecule has 0 atom stereocenters. The van der Waals surface area contributed by atoms with Crippen molar-refractivity contribution in [3.63, 3.8) is 0 Å². The van der Waals surface area contributed by atoms with Gasteiger partial charge in [0.05, 0.1) is 0 Å². The molecule has 2 aromatic carbocycles. The van der Waals surface area contributed by atoms with Crippen molar-refractivity contribution in [2.24, 2.45) is 0 Å². The van der Waals surface area contributed by atoms with E-state index in [1.54, 1.807) is 11.3 Å². The first-order valence-corrected chi connectivity index (χ1v) is 9.53. The number of rotatable bonds is 8. The highest BCUT2D eigenvalue weighted by Gasteiger charge is 2.10. The van der Waals surface area contributed by atoms with Crippen molar-refractivity contribution in [3.8, 4) is 11.1 Å². The maximum Gasteiger partial charge on any atom is 0.303 e. The van der Waals surface area contributed by atoms with Gasteiger partial charge in [0.2, 0.25) is 0 Å². The van der Waals surface area contributed by atoms with Gasteiger partial charge in [0.25, 0.3) is 0 Å². The van der Waals surface area contributed by atoms with E-state index in [0.717, 1.165) is 19.5 Å². The molecule has 0 spiro atoms. The topological polar surface area (TPSA) is 49.3 Å². The summed E-state index contributed by atoms with van der Waals surface area (Å²) in [4.78, 5) is 11.8. The number of benzene rings is 2. The van der Waals surface area contributed by atoms with Gasteiger partial charge in [-0.3, -0.25) is 4.79 Å². The van der Waals surface area contributed by atoms with Crippen LogP contribution in [-0.2, 0) is 17.8 Å². The summed E-state index contributed by atoms with van der Waals surface area (Å²) < 4.78 is 1.30. The molecule has 130 valence electrons. The summed E-state index contributed by atoms with van der Waals surface area (Å²) in [6, 6.07) is 17.4. The fraction of sp³-hybridized carbons (Fsp3) is 0.286. The Morgan fingerprint density at radius 2 is 1.92 bits per heavy atom. The van der Waals surface area contributed by atoms with Gasteiger partial charge in [-0.2, -0.15) is 0 Å². The van der Waals surface area contributed by atoms with Gasteiger partial charge in [0, 0.05) is 27.9 Å². The molecule has 0 aliphatic heterocycles. The molecule has 4 heteroatoms. The summed E-state index contributed by atoms with van der Waals surface area (Å²) in [6.07, 6.45) is 1.90. The molecule has 0 unspecified atom stereocenters. The first-order valence-electron chi connectivity index (χ1n) is 8.71. The van der Waals surface area contributed by atoms with Gasteiger partial charge in [0.15, 0.2) is 0 Å². The number of aryl methyl sites for hydroxylation is 1. The number of thiophene rings is 1. The lowest BCUT2D eigenvalue weighted by Crippen LogP contribution is -2.14. The van der Waals surface area contributed by atoms with E-state index in [1.807, 2.05) is 0 Å². The van der Waals surface area contributed by atoms with E-state index in [1.165, 1.54) is 31.7 Å². The van der Waals surface area contributed by atoms with Crippen molar-refractivity contribution < 1.29 is 9.90 Å². The standard InChI is InChI=1S/C21H23NO2S/c1-2-15-7-3-4-8-17(15)18-9-5-10-20-19(18)13-16(25-20)14-22-12-6-11-21(23)24/h3-5,7-10,13,22H,2,6,11-12,14H2,1H3,(H,23,24). The lowest BCUT2D eigenvalue weighted by atomic mass is 9.96. The van der Waals surface area contributed by atoms with Crippen LogP contribution >= 0.6 is 11.3 Å². The lowest BCUT2D eigenvalue weighted by molar-refractivity contribution is -0.137. The molecular weight excluding hydrogens is 330 g/mol. The van der Waals surface area contributed by atoms with Crippen molar-refractivity contribution in [2.45, 2.75) is 32.7 Å². The molecule has 25 heavy (non-hydrogen) atoms. The van der Waals surface area contributed by atoms with Crippen LogP contribution in [-0.4, -0.2) is 17.6 Å². The van der Waals surface area contributed by atoms with Gasteiger partial charge >= 0.3 is 5.97 Å². The zero-order valence-corrected chi connectivity index (χ0v) is 15.2. The molecule has 1 aromatic heterocycles. The average Bonchev–Trinajstić information content (AvgIpc) is 3.04. The van der Waals surface area contributed by atoms with Crippen LogP contribution in [0, 0.1) is 0 Å². The van der Waals surface area contributed by atoms with Crippen LogP contribution in [0.25, 0.3) is 21.2 Å². The largest absolute Gasteiger partial charge is 0.481 e. The van der Waals surface area contributed by atoms with Gasteiger partial charge < -0.3 is 10.4 Å². The van der Waals surface area contributed by atoms with Crippen molar-refractivity contribution in [2.75, 3.05) is 6.54 Å². The van der Waals surface area contributed by atoms with Crippen molar-refractivity contribution in [3.05, 3.63) is 59.0 Å². The summed E-state index contributed by atoms with van der Waals surface area (Å²) in [5, 5.41) is 13.3. The predicted molar refractivity (Wildman–Crippen MR) is 105 cm³/mol. The number of nitrogens with one attached hydrogen (secondary N) is 1. The zero-order valence-electron chi connectivity index (χ0n) is 14.4. The van der Waals surface area contributed by atoms with Crippen LogP contribution in [0.1, 0.15) is 30.2 Å². The van der Waals surface area contributed by atoms with Gasteiger partial charge in [-0.25, -0.2) is 0 Å². The van der Waals surface area contributed by atoms with Gasteiger partial charge in [-0.05, 0) is 48.2 Å². The molecule has 0 saturated heterocycles. The monoisotopic (exact) mass is 353 g/mol. The van der Waals surface area contributed by atoms with E-state index in [9.17, 15) is 4.79 Å². The SMILES string of the molecule is CCc1ccccc1-c1cccc2sc(CNCCCC(=O)O)cc12. The Labute approximate surface area is 152 Å². The Bertz CT molecular complexity index is 869. The zero-order chi connectivity index (χ0) is 17.6. The Balaban J connectivity index is 1.80. The molecule has 3 nitrogen and oxygen atoms in total. The maximum absolute atomic E-state index is 10.5. The number of hydrogen-bond acceptors (Lipinski definition) is 3. The van der Waals surface area contributed by atoms with Crippen molar-refractivity contribution in [1.29, 1.82) is 0 Å². The van der Waals surface area contributed by atoms with E-state index >= 15 is 0 Å². The third-order valence-corrected chi connectivity index (χ3v) is 5.44. The third kappa shape index (κ3) is 4.27. The lowest BCUT2D eigenvalue weighted by Gasteiger charge is -2.09. The number of hydrogen-bond donors (Lipinski definition) is 2. The quantitative estimate of drug-likeness (QED) is 0.555. The maximum atomic E-state index is 10.5. The molecule has 0 aliphatic rings. The molecule has 3 rings (SSSR count). The summed E-state index contributed by atoms with van der Waals surface area (Å²) in [7, 11) is 0. The number of fused-ring (bicyclic) bond motifs is 1. The normalized spacial score (nSPS) is 11.1. The number of carbonyl (C=O) groups is 1. The van der Waals surface area contributed by atoms with E-state index in [0.29, 0.717) is 6.42 Å². The Hall–Kier alpha value is -2.17. The highest BCUT2D eigenvalue weighted by Crippen LogP contribution is 2.35. The fourth-order valence-corrected chi connectivity index (χ4v) is 4.16. The van der Waals surface area contributed by atoms with E-state index in [2.05, 4.69) is 60.8 Å². The van der Waals surface area contributed by atoms with Crippen LogP contribution in [0.3, 0.4) is 0 Å². The first-order chi connectivity index (χ1) is 12.2. The molecule has 0 amide bonds. The van der Waals surface area contributed by atoms with E-state index < -0.39 is 5.97 Å². The predicted octanol–water partition coefficient (Wildman–Crippen LogP) is 5.09. The van der Waals surface area contributed by atoms with Crippen LogP contribution < -0.4 is 5.32 Å². The molecule has 1 heterocycles. The summed E-state index contributed by atoms with van der Waals surface area (Å²) in [5.74, 6) is -0.733. The highest BCUT2D eigenvalue weighted by molar-refractivity contribution is 7.19. The van der Waals surface area contributed by atoms with Gasteiger partial charge in [-0.15, -0.1) is 11.3 Å². The second-order valence-electron chi connectivity index (χ2n) is 6.11. The first kappa shape index (κ1) is 17.6. The molecule has 3 aromatic rings. The van der Waals surface area contributed by atoms with Crippen molar-refractivity contribution in [1.82, 2.24) is 5.32 Å². The average molecular weight is 353 g/mol. The summed E-state index contributed by atoms with van der Waals surface area (Å²) in [5.41, 5.74) is 3.98. The molecule has 0 aliphatic carbocycles. The summed E-state index contributed by atoms with van der Waals surface area (Å²) >= 11 is 1.81. The van der Waals surface area contributed by atoms with Gasteiger partial charge in [-0.1, -0.05) is 43.3 Å². The summed E-state index contributed by atoms with van der Waals surface area (Å²) in [6.45, 7) is 3.71. The molecule has 2 N–H and O–H groups in total. The Morgan fingerprint density at radius 1 is 1.12 bits per heavy atom. The number of aliphatic carboxylic acids is 1. The smallest absolute Gasteiger partial charge is 0.303 e. The second-order valence-corrected chi connectivity index (χ2v) is 7.28. The Kier molecular flexibility index (Phi) is 5.84. The fourth-order valence-electron chi connectivity index (χ4n) is 3.10. The minimum atomic E-state index is -0.733. The van der Waals surface area contributed by atoms with E-state index in [4.69, 9.17) is 5.11 Å². The molecule has 0 radical (unpaired) electrons. The minimum absolute atomic E-state index is 0.220. The third-order valence-electron chi connectivity index (χ3n) is 4.34. The van der Waals surface area contributed by atoms with Crippen LogP contribution in [0.2, 0.25) is 0 Å². The molecule has 0 saturated carbocycles. The van der Waals surface area contributed by atoms with Crippen LogP contribution in [0.15, 0.2) is 48.5 Å². The van der Waals surface area contributed by atoms with Gasteiger partial charge in [0.1, 0.15) is 0 Å². The number of carboxylic acid groups (broad SMARTS) is 1.